The van der Waals surface area contributed by atoms with Crippen molar-refractivity contribution in [1.29, 1.82) is 0 Å². The summed E-state index contributed by atoms with van der Waals surface area (Å²) in [5, 5.41) is 3.21. The Balaban J connectivity index is 2.15. The minimum Gasteiger partial charge on any atom is -0.493 e. The molecule has 1 unspecified atom stereocenters. The molecule has 0 spiro atoms. The molecule has 2 aromatic carbocycles. The molecule has 0 bridgehead atoms. The highest BCUT2D eigenvalue weighted by atomic mass is 16.5. The third-order valence-corrected chi connectivity index (χ3v) is 3.11. The van der Waals surface area contributed by atoms with Crippen LogP contribution in [0.5, 0.6) is 17.2 Å². The predicted octanol–water partition coefficient (Wildman–Crippen LogP) is 3.77. The smallest absolute Gasteiger partial charge is 0.169 e. The van der Waals surface area contributed by atoms with E-state index < -0.39 is 0 Å². The standard InChI is InChI=1S/C16H19NO2/c1-12(17-2)13-8-10-14(11-9-13)19-16-7-5-4-6-15(16)18-3/h4-12,17H,1-3H3. The van der Waals surface area contributed by atoms with Crippen LogP contribution in [0, 0.1) is 0 Å². The number of ether oxygens (including phenoxy) is 2. The van der Waals surface area contributed by atoms with Gasteiger partial charge in [0.2, 0.25) is 0 Å². The van der Waals surface area contributed by atoms with Crippen LogP contribution in [0.25, 0.3) is 0 Å². The Morgan fingerprint density at radius 1 is 0.947 bits per heavy atom. The molecule has 0 aliphatic carbocycles. The number of benzene rings is 2. The molecule has 0 amide bonds. The van der Waals surface area contributed by atoms with E-state index in [1.807, 2.05) is 43.4 Å². The minimum absolute atomic E-state index is 0.334. The maximum atomic E-state index is 5.82. The van der Waals surface area contributed by atoms with Crippen LogP contribution in [-0.2, 0) is 0 Å². The number of nitrogens with one attached hydrogen (secondary N) is 1. The summed E-state index contributed by atoms with van der Waals surface area (Å²) in [5.74, 6) is 2.26. The molecular formula is C16H19NO2. The Hall–Kier alpha value is -2.00. The van der Waals surface area contributed by atoms with Gasteiger partial charge in [-0.1, -0.05) is 24.3 Å². The highest BCUT2D eigenvalue weighted by Crippen LogP contribution is 2.31. The summed E-state index contributed by atoms with van der Waals surface area (Å²) in [6.45, 7) is 2.12. The molecule has 0 saturated heterocycles. The summed E-state index contributed by atoms with van der Waals surface area (Å²) in [7, 11) is 3.59. The van der Waals surface area contributed by atoms with Crippen molar-refractivity contribution < 1.29 is 9.47 Å². The fraction of sp³-hybridized carbons (Fsp3) is 0.250. The van der Waals surface area contributed by atoms with Gasteiger partial charge in [0.15, 0.2) is 11.5 Å². The summed E-state index contributed by atoms with van der Waals surface area (Å²) < 4.78 is 11.1. The maximum absolute atomic E-state index is 5.82. The summed E-state index contributed by atoms with van der Waals surface area (Å²) >= 11 is 0. The van der Waals surface area contributed by atoms with Crippen molar-refractivity contribution in [3.63, 3.8) is 0 Å². The zero-order valence-corrected chi connectivity index (χ0v) is 11.5. The molecular weight excluding hydrogens is 238 g/mol. The molecule has 0 saturated carbocycles. The Morgan fingerprint density at radius 2 is 1.58 bits per heavy atom. The van der Waals surface area contributed by atoms with E-state index in [2.05, 4.69) is 24.4 Å². The molecule has 2 rings (SSSR count). The number of para-hydroxylation sites is 2. The monoisotopic (exact) mass is 257 g/mol. The highest BCUT2D eigenvalue weighted by Gasteiger charge is 2.05. The number of methoxy groups -OCH3 is 1. The van der Waals surface area contributed by atoms with E-state index in [-0.39, 0.29) is 0 Å². The molecule has 0 aliphatic heterocycles. The lowest BCUT2D eigenvalue weighted by molar-refractivity contribution is 0.379. The van der Waals surface area contributed by atoms with Gasteiger partial charge in [-0.05, 0) is 43.8 Å². The summed E-state index contributed by atoms with van der Waals surface area (Å²) in [6.07, 6.45) is 0. The van der Waals surface area contributed by atoms with Crippen LogP contribution in [0.15, 0.2) is 48.5 Å². The first-order valence-corrected chi connectivity index (χ1v) is 6.32. The van der Waals surface area contributed by atoms with Gasteiger partial charge >= 0.3 is 0 Å². The third kappa shape index (κ3) is 3.26. The van der Waals surface area contributed by atoms with Crippen LogP contribution >= 0.6 is 0 Å². The van der Waals surface area contributed by atoms with Gasteiger partial charge in [-0.15, -0.1) is 0 Å². The molecule has 2 aromatic rings. The van der Waals surface area contributed by atoms with E-state index in [1.54, 1.807) is 7.11 Å². The van der Waals surface area contributed by atoms with E-state index in [0.29, 0.717) is 6.04 Å². The molecule has 1 atom stereocenters. The van der Waals surface area contributed by atoms with Gasteiger partial charge in [0.05, 0.1) is 7.11 Å². The van der Waals surface area contributed by atoms with Gasteiger partial charge in [-0.25, -0.2) is 0 Å². The fourth-order valence-electron chi connectivity index (χ4n) is 1.82. The van der Waals surface area contributed by atoms with E-state index in [1.165, 1.54) is 5.56 Å². The number of hydrogen-bond donors (Lipinski definition) is 1. The average molecular weight is 257 g/mol. The van der Waals surface area contributed by atoms with Crippen LogP contribution in [0.3, 0.4) is 0 Å². The number of rotatable bonds is 5. The van der Waals surface area contributed by atoms with Crippen molar-refractivity contribution in [3.8, 4) is 17.2 Å². The van der Waals surface area contributed by atoms with Gasteiger partial charge in [0.25, 0.3) is 0 Å². The summed E-state index contributed by atoms with van der Waals surface area (Å²) in [5.41, 5.74) is 1.23. The maximum Gasteiger partial charge on any atom is 0.169 e. The first kappa shape index (κ1) is 13.4. The van der Waals surface area contributed by atoms with Gasteiger partial charge in [0, 0.05) is 6.04 Å². The van der Waals surface area contributed by atoms with Crippen molar-refractivity contribution in [1.82, 2.24) is 5.32 Å². The van der Waals surface area contributed by atoms with Crippen LogP contribution in [0.2, 0.25) is 0 Å². The Morgan fingerprint density at radius 3 is 2.16 bits per heavy atom. The minimum atomic E-state index is 0.334. The second-order valence-electron chi connectivity index (χ2n) is 4.33. The van der Waals surface area contributed by atoms with Gasteiger partial charge in [0.1, 0.15) is 5.75 Å². The van der Waals surface area contributed by atoms with Crippen molar-refractivity contribution in [3.05, 3.63) is 54.1 Å². The topological polar surface area (TPSA) is 30.5 Å². The van der Waals surface area contributed by atoms with E-state index in [4.69, 9.17) is 9.47 Å². The lowest BCUT2D eigenvalue weighted by atomic mass is 10.1. The second-order valence-corrected chi connectivity index (χ2v) is 4.33. The SMILES string of the molecule is CNC(C)c1ccc(Oc2ccccc2OC)cc1. The van der Waals surface area contributed by atoms with Gasteiger partial charge in [-0.2, -0.15) is 0 Å². The molecule has 100 valence electrons. The van der Waals surface area contributed by atoms with Gasteiger partial charge < -0.3 is 14.8 Å². The van der Waals surface area contributed by atoms with Crippen molar-refractivity contribution >= 4 is 0 Å². The van der Waals surface area contributed by atoms with Crippen molar-refractivity contribution in [2.24, 2.45) is 0 Å². The summed E-state index contributed by atoms with van der Waals surface area (Å²) in [4.78, 5) is 0. The largest absolute Gasteiger partial charge is 0.493 e. The molecule has 19 heavy (non-hydrogen) atoms. The lowest BCUT2D eigenvalue weighted by Crippen LogP contribution is -2.11. The average Bonchev–Trinajstić information content (AvgIpc) is 2.48. The molecule has 0 fully saturated rings. The Labute approximate surface area is 114 Å². The molecule has 0 aliphatic rings. The molecule has 0 radical (unpaired) electrons. The third-order valence-electron chi connectivity index (χ3n) is 3.11. The van der Waals surface area contributed by atoms with E-state index >= 15 is 0 Å². The van der Waals surface area contributed by atoms with Gasteiger partial charge in [-0.3, -0.25) is 0 Å². The molecule has 1 N–H and O–H groups in total. The van der Waals surface area contributed by atoms with Crippen LogP contribution in [-0.4, -0.2) is 14.2 Å². The molecule has 3 nitrogen and oxygen atoms in total. The predicted molar refractivity (Wildman–Crippen MR) is 77.0 cm³/mol. The molecule has 3 heteroatoms. The fourth-order valence-corrected chi connectivity index (χ4v) is 1.82. The van der Waals surface area contributed by atoms with Crippen LogP contribution < -0.4 is 14.8 Å². The Kier molecular flexibility index (Phi) is 4.42. The normalized spacial score (nSPS) is 11.9. The quantitative estimate of drug-likeness (QED) is 0.884. The molecule has 0 heterocycles. The molecule has 0 aromatic heterocycles. The second kappa shape index (κ2) is 6.25. The van der Waals surface area contributed by atoms with Crippen molar-refractivity contribution in [2.75, 3.05) is 14.2 Å². The summed E-state index contributed by atoms with van der Waals surface area (Å²) in [6, 6.07) is 16.0. The Bertz CT molecular complexity index is 523. The van der Waals surface area contributed by atoms with Crippen molar-refractivity contribution in [2.45, 2.75) is 13.0 Å². The lowest BCUT2D eigenvalue weighted by Gasteiger charge is -2.13. The highest BCUT2D eigenvalue weighted by molar-refractivity contribution is 5.43. The van der Waals surface area contributed by atoms with E-state index in [0.717, 1.165) is 17.2 Å². The zero-order valence-electron chi connectivity index (χ0n) is 11.5. The zero-order chi connectivity index (χ0) is 13.7. The van der Waals surface area contributed by atoms with Crippen LogP contribution in [0.4, 0.5) is 0 Å². The number of hydrogen-bond acceptors (Lipinski definition) is 3. The first-order valence-electron chi connectivity index (χ1n) is 6.32. The first-order chi connectivity index (χ1) is 9.24. The van der Waals surface area contributed by atoms with E-state index in [9.17, 15) is 0 Å². The van der Waals surface area contributed by atoms with Crippen LogP contribution in [0.1, 0.15) is 18.5 Å².